The number of benzene rings is 2. The van der Waals surface area contributed by atoms with E-state index in [0.29, 0.717) is 57.5 Å². The number of carbonyl (C=O) groups excluding carboxylic acids is 1. The number of fused-ring (bicyclic) bond motifs is 2. The van der Waals surface area contributed by atoms with Crippen LogP contribution < -0.4 is 27.9 Å². The zero-order valence-corrected chi connectivity index (χ0v) is 18.9. The van der Waals surface area contributed by atoms with Gasteiger partial charge in [-0.3, -0.25) is 4.79 Å². The van der Waals surface area contributed by atoms with Crippen LogP contribution in [0, 0.1) is 0 Å². The molecule has 178 valence electrons. The average molecular weight is 455 g/mol. The maximum atomic E-state index is 12.9. The van der Waals surface area contributed by atoms with Crippen molar-refractivity contribution in [2.75, 3.05) is 51.0 Å². The van der Waals surface area contributed by atoms with Crippen LogP contribution in [-0.4, -0.2) is 57.0 Å². The second-order valence-corrected chi connectivity index (χ2v) is 7.66. The molecule has 1 amide bonds. The molecule has 3 rings (SSSR count). The fourth-order valence-electron chi connectivity index (χ4n) is 3.82. The predicted molar refractivity (Wildman–Crippen MR) is 130 cm³/mol. The molecule has 9 nitrogen and oxygen atoms in total. The molecule has 1 aliphatic heterocycles. The summed E-state index contributed by atoms with van der Waals surface area (Å²) in [5.74, 6) is 6.46. The van der Waals surface area contributed by atoms with Gasteiger partial charge in [0.1, 0.15) is 0 Å². The summed E-state index contributed by atoms with van der Waals surface area (Å²) in [7, 11) is 0. The number of nitrogens with zero attached hydrogens (tertiary/aromatic N) is 2. The summed E-state index contributed by atoms with van der Waals surface area (Å²) in [4.78, 5) is 14.7. The molecule has 0 atom stereocenters. The van der Waals surface area contributed by atoms with Crippen LogP contribution in [0.3, 0.4) is 0 Å². The standard InChI is InChI=1S/C24H34N6O3/c25-10-9-22(31)29-17-18-5-1-2-6-19(18)24(23(27)20-7-3-4-8-21(20)29)30(28)12-14-33-16-15-32-13-11-26/h1-8H,9-17,25-28H2/b24-23-. The summed E-state index contributed by atoms with van der Waals surface area (Å²) in [5.41, 5.74) is 22.3. The van der Waals surface area contributed by atoms with Crippen molar-refractivity contribution in [3.05, 3.63) is 65.2 Å². The van der Waals surface area contributed by atoms with Gasteiger partial charge >= 0.3 is 0 Å². The first-order valence-electron chi connectivity index (χ1n) is 11.1. The molecule has 0 saturated heterocycles. The summed E-state index contributed by atoms with van der Waals surface area (Å²) >= 11 is 0. The Bertz CT molecular complexity index is 965. The zero-order valence-electron chi connectivity index (χ0n) is 18.9. The van der Waals surface area contributed by atoms with E-state index in [1.165, 1.54) is 0 Å². The summed E-state index contributed by atoms with van der Waals surface area (Å²) < 4.78 is 11.0. The molecular formula is C24H34N6O3. The van der Waals surface area contributed by atoms with E-state index in [1.54, 1.807) is 9.91 Å². The molecule has 0 spiro atoms. The molecule has 1 aliphatic rings. The molecule has 0 bridgehead atoms. The summed E-state index contributed by atoms with van der Waals surface area (Å²) in [6.45, 7) is 3.45. The lowest BCUT2D eigenvalue weighted by Gasteiger charge is -2.33. The van der Waals surface area contributed by atoms with Crippen LogP contribution >= 0.6 is 0 Å². The Balaban J connectivity index is 1.92. The lowest BCUT2D eigenvalue weighted by Crippen LogP contribution is -2.38. The number of hydrogen-bond acceptors (Lipinski definition) is 8. The van der Waals surface area contributed by atoms with Crippen molar-refractivity contribution < 1.29 is 14.3 Å². The van der Waals surface area contributed by atoms with Crippen LogP contribution in [0.25, 0.3) is 11.4 Å². The normalized spacial score (nSPS) is 15.4. The van der Waals surface area contributed by atoms with E-state index in [2.05, 4.69) is 0 Å². The second kappa shape index (κ2) is 12.3. The Morgan fingerprint density at radius 2 is 1.58 bits per heavy atom. The Morgan fingerprint density at radius 3 is 2.30 bits per heavy atom. The number of anilines is 1. The number of para-hydroxylation sites is 1. The number of hydrazine groups is 1. The van der Waals surface area contributed by atoms with E-state index in [0.717, 1.165) is 22.4 Å². The van der Waals surface area contributed by atoms with Crippen molar-refractivity contribution in [1.82, 2.24) is 5.01 Å². The first kappa shape index (κ1) is 24.7. The number of rotatable bonds is 11. The highest BCUT2D eigenvalue weighted by atomic mass is 16.5. The molecule has 0 fully saturated rings. The van der Waals surface area contributed by atoms with Gasteiger partial charge in [-0.25, -0.2) is 5.84 Å². The fourth-order valence-corrected chi connectivity index (χ4v) is 3.82. The van der Waals surface area contributed by atoms with E-state index in [9.17, 15) is 4.79 Å². The monoisotopic (exact) mass is 454 g/mol. The van der Waals surface area contributed by atoms with E-state index in [4.69, 9.17) is 32.5 Å². The number of hydrogen-bond donors (Lipinski definition) is 4. The van der Waals surface area contributed by atoms with Crippen molar-refractivity contribution >= 4 is 23.0 Å². The third-order valence-electron chi connectivity index (χ3n) is 5.40. The van der Waals surface area contributed by atoms with Crippen molar-refractivity contribution in [1.29, 1.82) is 0 Å². The van der Waals surface area contributed by atoms with Crippen molar-refractivity contribution in [2.24, 2.45) is 23.0 Å². The molecule has 33 heavy (non-hydrogen) atoms. The Kier molecular flexibility index (Phi) is 9.23. The molecule has 2 aromatic rings. The molecule has 0 unspecified atom stereocenters. The minimum Gasteiger partial charge on any atom is -0.396 e. The van der Waals surface area contributed by atoms with Gasteiger partial charge in [-0.1, -0.05) is 42.5 Å². The van der Waals surface area contributed by atoms with Crippen LogP contribution in [-0.2, 0) is 20.8 Å². The van der Waals surface area contributed by atoms with Crippen molar-refractivity contribution in [3.8, 4) is 0 Å². The highest BCUT2D eigenvalue weighted by molar-refractivity contribution is 6.01. The maximum absolute atomic E-state index is 12.9. The smallest absolute Gasteiger partial charge is 0.228 e. The van der Waals surface area contributed by atoms with Crippen LogP contribution in [0.1, 0.15) is 23.1 Å². The molecule has 2 aromatic carbocycles. The number of carbonyl (C=O) groups is 1. The second-order valence-electron chi connectivity index (χ2n) is 7.66. The summed E-state index contributed by atoms with van der Waals surface area (Å²) in [6, 6.07) is 15.4. The molecule has 0 aromatic heterocycles. The van der Waals surface area contributed by atoms with Gasteiger partial charge in [0.05, 0.1) is 56.6 Å². The summed E-state index contributed by atoms with van der Waals surface area (Å²) in [5, 5.41) is 1.61. The maximum Gasteiger partial charge on any atom is 0.228 e. The van der Waals surface area contributed by atoms with Gasteiger partial charge in [0.2, 0.25) is 5.91 Å². The predicted octanol–water partition coefficient (Wildman–Crippen LogP) is 0.834. The number of nitrogens with two attached hydrogens (primary N) is 4. The van der Waals surface area contributed by atoms with Crippen LogP contribution in [0.4, 0.5) is 5.69 Å². The van der Waals surface area contributed by atoms with Gasteiger partial charge in [0.15, 0.2) is 0 Å². The average Bonchev–Trinajstić information content (AvgIpc) is 2.82. The summed E-state index contributed by atoms with van der Waals surface area (Å²) in [6.07, 6.45) is 0.252. The van der Waals surface area contributed by atoms with E-state index < -0.39 is 0 Å². The lowest BCUT2D eigenvalue weighted by molar-refractivity contribution is -0.118. The third-order valence-corrected chi connectivity index (χ3v) is 5.40. The molecule has 9 heteroatoms. The molecule has 0 aliphatic carbocycles. The quantitative estimate of drug-likeness (QED) is 0.222. The lowest BCUT2D eigenvalue weighted by atomic mass is 9.95. The molecular weight excluding hydrogens is 420 g/mol. The van der Waals surface area contributed by atoms with Crippen LogP contribution in [0.2, 0.25) is 0 Å². The van der Waals surface area contributed by atoms with E-state index in [1.807, 2.05) is 48.5 Å². The van der Waals surface area contributed by atoms with Crippen LogP contribution in [0.15, 0.2) is 48.5 Å². The Hall–Kier alpha value is -2.95. The molecule has 0 radical (unpaired) electrons. The highest BCUT2D eigenvalue weighted by Crippen LogP contribution is 2.36. The van der Waals surface area contributed by atoms with Gasteiger partial charge in [0, 0.05) is 30.6 Å². The topological polar surface area (TPSA) is 146 Å². The molecule has 8 N–H and O–H groups in total. The van der Waals surface area contributed by atoms with Gasteiger partial charge in [0.25, 0.3) is 0 Å². The molecule has 1 heterocycles. The zero-order chi connectivity index (χ0) is 23.6. The minimum absolute atomic E-state index is 0.0501. The first-order valence-corrected chi connectivity index (χ1v) is 11.1. The SMILES string of the molecule is NCCOCCOCCN(N)/C1=C(\N)c2ccccc2N(C(=O)CCN)Cc2ccccc21. The van der Waals surface area contributed by atoms with Gasteiger partial charge in [-0.2, -0.15) is 0 Å². The minimum atomic E-state index is -0.0501. The number of amides is 1. The number of ether oxygens (including phenoxy) is 2. The Morgan fingerprint density at radius 1 is 0.909 bits per heavy atom. The first-order chi connectivity index (χ1) is 16.1. The highest BCUT2D eigenvalue weighted by Gasteiger charge is 2.27. The van der Waals surface area contributed by atoms with Crippen molar-refractivity contribution in [3.63, 3.8) is 0 Å². The van der Waals surface area contributed by atoms with Gasteiger partial charge < -0.3 is 36.6 Å². The largest absolute Gasteiger partial charge is 0.396 e. The Labute approximate surface area is 194 Å². The third kappa shape index (κ3) is 6.10. The van der Waals surface area contributed by atoms with E-state index >= 15 is 0 Å². The van der Waals surface area contributed by atoms with Gasteiger partial charge in [-0.05, 0) is 11.6 Å². The van der Waals surface area contributed by atoms with E-state index in [-0.39, 0.29) is 18.9 Å². The van der Waals surface area contributed by atoms with Crippen molar-refractivity contribution in [2.45, 2.75) is 13.0 Å². The molecule has 0 saturated carbocycles. The fraction of sp³-hybridized carbons (Fsp3) is 0.375. The van der Waals surface area contributed by atoms with Crippen LogP contribution in [0.5, 0.6) is 0 Å². The van der Waals surface area contributed by atoms with Gasteiger partial charge in [-0.15, -0.1) is 0 Å².